The van der Waals surface area contributed by atoms with E-state index in [4.69, 9.17) is 43.1 Å². The van der Waals surface area contributed by atoms with Crippen LogP contribution in [0.3, 0.4) is 0 Å². The van der Waals surface area contributed by atoms with Gasteiger partial charge in [-0.2, -0.15) is 0 Å². The van der Waals surface area contributed by atoms with Crippen molar-refractivity contribution in [3.63, 3.8) is 0 Å². The third-order valence-electron chi connectivity index (χ3n) is 19.2. The number of rotatable bonds is 18. The Bertz CT molecular complexity index is 4540. The highest BCUT2D eigenvalue weighted by Crippen LogP contribution is 2.49. The number of hydrogen-bond acceptors (Lipinski definition) is 20. The maximum atomic E-state index is 16.1. The Morgan fingerprint density at radius 3 is 1.82 bits per heavy atom. The Hall–Kier alpha value is -10.6. The second kappa shape index (κ2) is 33.2. The number of hydrogen-bond donors (Lipinski definition) is 17. The number of halogens is 2. The number of benzene rings is 7. The van der Waals surface area contributed by atoms with Crippen molar-refractivity contribution in [2.24, 2.45) is 5.73 Å². The number of amides is 7. The van der Waals surface area contributed by atoms with E-state index >= 15 is 24.0 Å². The molecule has 0 radical (unpaired) electrons. The zero-order valence-electron chi connectivity index (χ0n) is 58.3. The van der Waals surface area contributed by atoms with Crippen molar-refractivity contribution in [1.82, 2.24) is 42.5 Å². The Kier molecular flexibility index (Phi) is 24.0. The number of phenols is 6. The first-order valence-corrected chi connectivity index (χ1v) is 35.7. The Morgan fingerprint density at radius 2 is 1.14 bits per heavy atom. The molecule has 13 rings (SSSR count). The molecule has 0 spiro atoms. The molecule has 106 heavy (non-hydrogen) atoms. The smallest absolute Gasteiger partial charge is 0.248 e. The van der Waals surface area contributed by atoms with Gasteiger partial charge in [0.1, 0.15) is 88.6 Å². The van der Waals surface area contributed by atoms with Gasteiger partial charge in [0, 0.05) is 49.7 Å². The molecule has 6 heterocycles. The predicted octanol–water partition coefficient (Wildman–Crippen LogP) is 7.71. The van der Waals surface area contributed by atoms with Crippen LogP contribution in [0.15, 0.2) is 109 Å². The van der Waals surface area contributed by atoms with Crippen LogP contribution in [-0.2, 0) is 46.5 Å². The average molecular weight is 1500 g/mol. The molecule has 0 saturated carbocycles. The lowest BCUT2D eigenvalue weighted by Gasteiger charge is -2.32. The van der Waals surface area contributed by atoms with Crippen molar-refractivity contribution < 1.29 is 93.1 Å². The molecular formula is C76H85Cl2N10O18+. The van der Waals surface area contributed by atoms with Gasteiger partial charge in [0.2, 0.25) is 47.1 Å². The minimum absolute atomic E-state index is 0.121. The van der Waals surface area contributed by atoms with Crippen LogP contribution in [0.2, 0.25) is 10.0 Å². The molecule has 6 aliphatic heterocycles. The lowest BCUT2D eigenvalue weighted by Crippen LogP contribution is -2.56. The lowest BCUT2D eigenvalue weighted by atomic mass is 9.87. The molecule has 28 nitrogen and oxygen atoms in total. The molecular weight excluding hydrogens is 1410 g/mol. The molecule has 0 unspecified atom stereocenters. The highest BCUT2D eigenvalue weighted by Gasteiger charge is 2.42. The number of aliphatic hydroxyl groups is 2. The summed E-state index contributed by atoms with van der Waals surface area (Å²) in [6.45, 7) is 3.17. The first kappa shape index (κ1) is 76.5. The summed E-state index contributed by atoms with van der Waals surface area (Å²) < 4.78 is 19.4. The van der Waals surface area contributed by atoms with Crippen molar-refractivity contribution in [3.05, 3.63) is 164 Å². The van der Waals surface area contributed by atoms with E-state index in [1.165, 1.54) is 105 Å². The Morgan fingerprint density at radius 1 is 0.547 bits per heavy atom. The summed E-state index contributed by atoms with van der Waals surface area (Å²) in [7, 11) is 4.31. The van der Waals surface area contributed by atoms with Gasteiger partial charge < -0.3 is 108 Å². The van der Waals surface area contributed by atoms with Gasteiger partial charge in [0.05, 0.1) is 49.4 Å². The van der Waals surface area contributed by atoms with E-state index in [0.717, 1.165) is 72.9 Å². The monoisotopic (exact) mass is 1500 g/mol. The highest BCUT2D eigenvalue weighted by molar-refractivity contribution is 6.32. The fraction of sp³-hybridized carbons (Fsp3) is 0.355. The number of carbonyl (C=O) groups excluding carboxylic acids is 7. The molecule has 30 heteroatoms. The van der Waals surface area contributed by atoms with Crippen molar-refractivity contribution in [3.8, 4) is 80.1 Å². The Balaban J connectivity index is 1.05. The van der Waals surface area contributed by atoms with Crippen LogP contribution in [0.5, 0.6) is 69.0 Å². The van der Waals surface area contributed by atoms with Crippen LogP contribution >= 0.6 is 23.2 Å². The largest absolute Gasteiger partial charge is 0.508 e. The number of nitrogens with one attached hydrogen (secondary N) is 8. The van der Waals surface area contributed by atoms with Crippen LogP contribution in [0.25, 0.3) is 11.1 Å². The molecule has 0 aromatic heterocycles. The number of carbonyl (C=O) groups is 7. The fourth-order valence-corrected chi connectivity index (χ4v) is 13.9. The van der Waals surface area contributed by atoms with E-state index in [2.05, 4.69) is 63.6 Å². The molecule has 560 valence electrons. The standard InChI is InChI=1S/C76H84Cl2N10O18/c1-4-5-6-7-8-9-10-11-23-88(2,3)24-12-21-80-37-48-54(93)36-47-60(68(48)95)46-30-40(15-17-52(46)91)62-73(100)87-66(76(103)86-65(47)72(99)81-22-25-89)67(94)41-16-20-56(50(78)31-41)106-59-34-43-33-58(69(59)96)105-55-19-13-38(26-49(55)77)27-51-70(97)83-63(74(101)85-64(43)75(102)84-62)42-28-44(90)35-45(29-42)104-57-32-39(14-18-53(57)92)61(79)71(98)82-51/h13-20,26,28-36,51,61-67,80,89,94H,4-12,21-25,27,37,79H2,1-3H3,(H12-,81,82,83,84,85,86,87,90,91,92,93,95,96,97,98,99,100,101,102,103)/p+1/t51-,61-,62-,63+,64-,65+,66+,67-/m1/s1. The van der Waals surface area contributed by atoms with Gasteiger partial charge in [-0.1, -0.05) is 92.9 Å². The maximum Gasteiger partial charge on any atom is 0.248 e. The van der Waals surface area contributed by atoms with Gasteiger partial charge in [-0.05, 0) is 131 Å². The maximum absolute atomic E-state index is 16.1. The van der Waals surface area contributed by atoms with Gasteiger partial charge in [-0.15, -0.1) is 0 Å². The van der Waals surface area contributed by atoms with E-state index in [9.17, 15) is 50.4 Å². The minimum Gasteiger partial charge on any atom is -0.508 e. The van der Waals surface area contributed by atoms with Crippen molar-refractivity contribution >= 4 is 64.6 Å². The van der Waals surface area contributed by atoms with Crippen LogP contribution in [0.4, 0.5) is 0 Å². The van der Waals surface area contributed by atoms with Gasteiger partial charge in [-0.25, -0.2) is 0 Å². The molecule has 6 aliphatic rings. The summed E-state index contributed by atoms with van der Waals surface area (Å²) in [6, 6.07) is 8.27. The third kappa shape index (κ3) is 17.5. The second-order valence-electron chi connectivity index (χ2n) is 27.4. The number of nitrogens with zero attached hydrogens (tertiary/aromatic N) is 1. The number of fused-ring (bicyclic) bond motifs is 14. The van der Waals surface area contributed by atoms with Crippen LogP contribution < -0.4 is 62.5 Å². The number of unbranched alkanes of at least 4 members (excludes halogenated alkanes) is 7. The molecule has 0 aliphatic carbocycles. The summed E-state index contributed by atoms with van der Waals surface area (Å²) in [5, 5.41) is 115. The number of aromatic hydroxyl groups is 6. The first-order chi connectivity index (χ1) is 50.7. The van der Waals surface area contributed by atoms with E-state index < -0.39 is 142 Å². The summed E-state index contributed by atoms with van der Waals surface area (Å²) in [5.74, 6) is -13.7. The summed E-state index contributed by atoms with van der Waals surface area (Å²) in [5.41, 5.74) is 4.75. The van der Waals surface area contributed by atoms with Crippen molar-refractivity contribution in [2.45, 2.75) is 126 Å². The number of quaternary nitrogens is 1. The summed E-state index contributed by atoms with van der Waals surface area (Å²) >= 11 is 13.9. The van der Waals surface area contributed by atoms with E-state index in [-0.39, 0.29) is 103 Å². The molecule has 7 amide bonds. The SMILES string of the molecule is CCCCCCCCCC[N+](C)(C)CCCNCc1c(O)cc2c(c1O)-c1cc(ccc1O)[C@H]1NC(=O)[C@@H]3NC(=O)[C@H]4NC(=O)[C@@H](Cc5ccc(c(Cl)c5)Oc5cc3cc(c5O)Oc3ccc(cc3Cl)[C@@H](O)[C@H](NC1=O)C(=O)N[C@@H]2C(=O)NCCO)NC(=O)[C@H](N)c1ccc(O)c(c1)Oc1cc(O)cc4c1. The molecule has 7 aromatic carbocycles. The first-order valence-electron chi connectivity index (χ1n) is 34.9. The third-order valence-corrected chi connectivity index (χ3v) is 19.8. The molecule has 18 N–H and O–H groups in total. The average Bonchev–Trinajstić information content (AvgIpc) is 0.756. The number of aliphatic hydroxyl groups excluding tert-OH is 2. The van der Waals surface area contributed by atoms with Crippen LogP contribution in [0, 0.1) is 0 Å². The van der Waals surface area contributed by atoms with E-state index in [0.29, 0.717) is 18.5 Å². The van der Waals surface area contributed by atoms with E-state index in [1.54, 1.807) is 0 Å². The fourth-order valence-electron chi connectivity index (χ4n) is 13.4. The van der Waals surface area contributed by atoms with Crippen molar-refractivity contribution in [2.75, 3.05) is 46.9 Å². The van der Waals surface area contributed by atoms with Crippen LogP contribution in [0.1, 0.15) is 146 Å². The van der Waals surface area contributed by atoms with Gasteiger partial charge in [0.25, 0.3) is 0 Å². The number of nitrogens with two attached hydrogens (primary N) is 1. The quantitative estimate of drug-likeness (QED) is 0.0289. The summed E-state index contributed by atoms with van der Waals surface area (Å²) in [6.07, 6.45) is 7.70. The topological polar surface area (TPSA) is 431 Å². The second-order valence-corrected chi connectivity index (χ2v) is 28.2. The Labute approximate surface area is 619 Å². The molecule has 0 fully saturated rings. The number of phenolic OH excluding ortho intramolecular Hbond substituents is 6. The zero-order valence-corrected chi connectivity index (χ0v) is 59.8. The van der Waals surface area contributed by atoms with Crippen LogP contribution in [-0.4, -0.2) is 146 Å². The zero-order chi connectivity index (χ0) is 75.8. The van der Waals surface area contributed by atoms with Gasteiger partial charge in [0.15, 0.2) is 23.0 Å². The molecule has 0 saturated heterocycles. The number of ether oxygens (including phenoxy) is 3. The van der Waals surface area contributed by atoms with Crippen molar-refractivity contribution in [1.29, 1.82) is 0 Å². The summed E-state index contributed by atoms with van der Waals surface area (Å²) in [4.78, 5) is 107. The highest BCUT2D eigenvalue weighted by atomic mass is 35.5. The normalized spacial score (nSPS) is 20.2. The molecule has 17 bridgehead atoms. The van der Waals surface area contributed by atoms with Gasteiger partial charge >= 0.3 is 0 Å². The molecule has 8 atom stereocenters. The van der Waals surface area contributed by atoms with E-state index in [1.807, 2.05) is 0 Å². The molecule has 7 aromatic rings. The predicted molar refractivity (Wildman–Crippen MR) is 388 cm³/mol. The minimum atomic E-state index is -2.18. The lowest BCUT2D eigenvalue weighted by molar-refractivity contribution is -0.890. The van der Waals surface area contributed by atoms with Gasteiger partial charge in [-0.3, -0.25) is 33.6 Å².